The van der Waals surface area contributed by atoms with Crippen LogP contribution in [-0.4, -0.2) is 10.9 Å². The first-order valence-electron chi connectivity index (χ1n) is 11.6. The van der Waals surface area contributed by atoms with Crippen LogP contribution in [0.25, 0.3) is 0 Å². The molecule has 1 amide bonds. The topological polar surface area (TPSA) is 65.2 Å². The zero-order chi connectivity index (χ0) is 24.9. The van der Waals surface area contributed by atoms with Crippen molar-refractivity contribution in [3.05, 3.63) is 129 Å². The minimum atomic E-state index is -0.564. The molecule has 2 N–H and O–H groups in total. The number of halogens is 1. The number of nitrogens with zero attached hydrogens (tertiary/aromatic N) is 1. The second-order valence-corrected chi connectivity index (χ2v) is 9.27. The van der Waals surface area contributed by atoms with Crippen LogP contribution < -0.4 is 10.5 Å². The number of carbonyl (C=O) groups is 1. The first-order valence-corrected chi connectivity index (χ1v) is 12.0. The summed E-state index contributed by atoms with van der Waals surface area (Å²) < 4.78 is 6.09. The van der Waals surface area contributed by atoms with Crippen molar-refractivity contribution in [1.82, 2.24) is 4.98 Å². The average molecular weight is 485 g/mol. The van der Waals surface area contributed by atoms with Gasteiger partial charge in [-0.1, -0.05) is 66.2 Å². The molecule has 0 fully saturated rings. The van der Waals surface area contributed by atoms with E-state index in [0.29, 0.717) is 11.6 Å². The number of carbonyl (C=O) groups excluding carboxylic acids is 1. The molecule has 2 unspecified atom stereocenters. The molecule has 1 heterocycles. The number of primary amides is 1. The summed E-state index contributed by atoms with van der Waals surface area (Å²) >= 11 is 6.24. The maximum Gasteiger partial charge on any atom is 0.225 e. The van der Waals surface area contributed by atoms with Crippen molar-refractivity contribution in [3.8, 4) is 5.75 Å². The van der Waals surface area contributed by atoms with E-state index in [0.717, 1.165) is 44.8 Å². The highest BCUT2D eigenvalue weighted by Crippen LogP contribution is 2.41. The van der Waals surface area contributed by atoms with Crippen LogP contribution in [-0.2, 0) is 11.4 Å². The quantitative estimate of drug-likeness (QED) is 0.305. The predicted octanol–water partition coefficient (Wildman–Crippen LogP) is 6.64. The predicted molar refractivity (Wildman–Crippen MR) is 141 cm³/mol. The summed E-state index contributed by atoms with van der Waals surface area (Å²) in [5.74, 6) is -0.438. The average Bonchev–Trinajstić information content (AvgIpc) is 2.83. The fourth-order valence-electron chi connectivity index (χ4n) is 4.57. The summed E-state index contributed by atoms with van der Waals surface area (Å²) in [4.78, 5) is 17.3. The van der Waals surface area contributed by atoms with Crippen LogP contribution in [0.5, 0.6) is 5.75 Å². The number of amides is 1. The fourth-order valence-corrected chi connectivity index (χ4v) is 4.80. The fraction of sp³-hybridized carbons (Fsp3) is 0.200. The molecule has 1 aromatic heterocycles. The number of pyridine rings is 1. The SMILES string of the molecule is Cc1cc(C(C(N)=O)C(c2ccccc2)c2ccc(Cl)cc2C)ccc1OCc1cccnc1C. The Hall–Kier alpha value is -3.63. The first-order chi connectivity index (χ1) is 16.8. The van der Waals surface area contributed by atoms with Crippen LogP contribution in [0.1, 0.15) is 50.9 Å². The molecule has 4 rings (SSSR count). The van der Waals surface area contributed by atoms with Crippen LogP contribution in [0.3, 0.4) is 0 Å². The summed E-state index contributed by atoms with van der Waals surface area (Å²) in [6.07, 6.45) is 1.77. The van der Waals surface area contributed by atoms with Crippen molar-refractivity contribution < 1.29 is 9.53 Å². The molecule has 5 heteroatoms. The zero-order valence-electron chi connectivity index (χ0n) is 20.2. The van der Waals surface area contributed by atoms with Crippen LogP contribution in [0.4, 0.5) is 0 Å². The van der Waals surface area contributed by atoms with Gasteiger partial charge in [-0.15, -0.1) is 0 Å². The minimum Gasteiger partial charge on any atom is -0.489 e. The van der Waals surface area contributed by atoms with Gasteiger partial charge in [-0.3, -0.25) is 9.78 Å². The van der Waals surface area contributed by atoms with Crippen LogP contribution in [0.2, 0.25) is 5.02 Å². The van der Waals surface area contributed by atoms with Crippen LogP contribution >= 0.6 is 11.6 Å². The summed E-state index contributed by atoms with van der Waals surface area (Å²) in [6, 6.07) is 25.6. The van der Waals surface area contributed by atoms with Gasteiger partial charge in [0, 0.05) is 28.4 Å². The van der Waals surface area contributed by atoms with E-state index < -0.39 is 5.92 Å². The van der Waals surface area contributed by atoms with Crippen molar-refractivity contribution in [2.75, 3.05) is 0 Å². The lowest BCUT2D eigenvalue weighted by molar-refractivity contribution is -0.119. The monoisotopic (exact) mass is 484 g/mol. The largest absolute Gasteiger partial charge is 0.489 e. The Morgan fingerprint density at radius 1 is 0.914 bits per heavy atom. The highest BCUT2D eigenvalue weighted by atomic mass is 35.5. The molecule has 4 aromatic rings. The Morgan fingerprint density at radius 3 is 2.34 bits per heavy atom. The molecule has 0 aliphatic rings. The summed E-state index contributed by atoms with van der Waals surface area (Å²) in [6.45, 7) is 6.39. The Labute approximate surface area is 211 Å². The van der Waals surface area contributed by atoms with Crippen molar-refractivity contribution in [2.24, 2.45) is 5.73 Å². The van der Waals surface area contributed by atoms with E-state index in [1.54, 1.807) is 6.20 Å². The molecule has 0 aliphatic carbocycles. The van der Waals surface area contributed by atoms with Crippen LogP contribution in [0, 0.1) is 20.8 Å². The normalized spacial score (nSPS) is 12.7. The van der Waals surface area contributed by atoms with Gasteiger partial charge in [0.05, 0.1) is 5.92 Å². The van der Waals surface area contributed by atoms with E-state index in [2.05, 4.69) is 4.98 Å². The Morgan fingerprint density at radius 2 is 1.69 bits per heavy atom. The van der Waals surface area contributed by atoms with Crippen molar-refractivity contribution >= 4 is 17.5 Å². The lowest BCUT2D eigenvalue weighted by atomic mass is 9.75. The maximum atomic E-state index is 13.0. The van der Waals surface area contributed by atoms with Crippen molar-refractivity contribution in [1.29, 1.82) is 0 Å². The molecule has 178 valence electrons. The molecule has 3 aromatic carbocycles. The van der Waals surface area contributed by atoms with Gasteiger partial charge in [0.15, 0.2) is 0 Å². The molecule has 0 aliphatic heterocycles. The van der Waals surface area contributed by atoms with Gasteiger partial charge in [-0.25, -0.2) is 0 Å². The Balaban J connectivity index is 1.72. The van der Waals surface area contributed by atoms with Gasteiger partial charge >= 0.3 is 0 Å². The number of hydrogen-bond acceptors (Lipinski definition) is 3. The third kappa shape index (κ3) is 5.55. The zero-order valence-corrected chi connectivity index (χ0v) is 20.9. The van der Waals surface area contributed by atoms with E-state index in [4.69, 9.17) is 22.1 Å². The Kier molecular flexibility index (Phi) is 7.52. The third-order valence-corrected chi connectivity index (χ3v) is 6.66. The highest BCUT2D eigenvalue weighted by molar-refractivity contribution is 6.30. The number of nitrogens with two attached hydrogens (primary N) is 1. The molecule has 35 heavy (non-hydrogen) atoms. The molecule has 0 bridgehead atoms. The highest BCUT2D eigenvalue weighted by Gasteiger charge is 2.32. The maximum absolute atomic E-state index is 13.0. The first kappa shape index (κ1) is 24.5. The summed E-state index contributed by atoms with van der Waals surface area (Å²) in [5, 5.41) is 0.662. The van der Waals surface area contributed by atoms with Gasteiger partial charge in [0.2, 0.25) is 5.91 Å². The van der Waals surface area contributed by atoms with E-state index in [-0.39, 0.29) is 11.8 Å². The van der Waals surface area contributed by atoms with Crippen molar-refractivity contribution in [2.45, 2.75) is 39.2 Å². The number of aryl methyl sites for hydroxylation is 3. The Bertz CT molecular complexity index is 1340. The number of rotatable bonds is 8. The molecule has 4 nitrogen and oxygen atoms in total. The second kappa shape index (κ2) is 10.7. The van der Waals surface area contributed by atoms with E-state index >= 15 is 0 Å². The van der Waals surface area contributed by atoms with E-state index in [9.17, 15) is 4.79 Å². The number of hydrogen-bond donors (Lipinski definition) is 1. The second-order valence-electron chi connectivity index (χ2n) is 8.83. The van der Waals surface area contributed by atoms with Gasteiger partial charge < -0.3 is 10.5 Å². The van der Waals surface area contributed by atoms with E-state index in [1.165, 1.54) is 0 Å². The standard InChI is InChI=1S/C30H29ClN2O2/c1-19-17-25(31)12-13-26(19)28(22-8-5-4-6-9-22)29(30(32)34)23-11-14-27(20(2)16-23)35-18-24-10-7-15-33-21(24)3/h4-17,28-29H,18H2,1-3H3,(H2,32,34). The number of aromatic nitrogens is 1. The summed E-state index contributed by atoms with van der Waals surface area (Å²) in [5.41, 5.74) is 12.9. The molecule has 2 atom stereocenters. The number of ether oxygens (including phenoxy) is 1. The van der Waals surface area contributed by atoms with Gasteiger partial charge in [-0.2, -0.15) is 0 Å². The summed E-state index contributed by atoms with van der Waals surface area (Å²) in [7, 11) is 0. The molecule has 0 saturated carbocycles. The molecular weight excluding hydrogens is 456 g/mol. The lowest BCUT2D eigenvalue weighted by Gasteiger charge is -2.28. The van der Waals surface area contributed by atoms with Crippen molar-refractivity contribution in [3.63, 3.8) is 0 Å². The smallest absolute Gasteiger partial charge is 0.225 e. The molecule has 0 saturated heterocycles. The molecular formula is C30H29ClN2O2. The molecule has 0 spiro atoms. The number of benzene rings is 3. The third-order valence-electron chi connectivity index (χ3n) is 6.42. The van der Waals surface area contributed by atoms with E-state index in [1.807, 2.05) is 99.6 Å². The molecule has 0 radical (unpaired) electrons. The van der Waals surface area contributed by atoms with Crippen LogP contribution in [0.15, 0.2) is 85.1 Å². The van der Waals surface area contributed by atoms with Gasteiger partial charge in [0.25, 0.3) is 0 Å². The lowest BCUT2D eigenvalue weighted by Crippen LogP contribution is -2.28. The van der Waals surface area contributed by atoms with Gasteiger partial charge in [-0.05, 0) is 72.9 Å². The minimum absolute atomic E-state index is 0.254. The van der Waals surface area contributed by atoms with Gasteiger partial charge in [0.1, 0.15) is 12.4 Å².